The highest BCUT2D eigenvalue weighted by Crippen LogP contribution is 2.13. The van der Waals surface area contributed by atoms with Gasteiger partial charge in [-0.25, -0.2) is 0 Å². The first-order valence-electron chi connectivity index (χ1n) is 7.40. The highest BCUT2D eigenvalue weighted by atomic mass is 35.5. The van der Waals surface area contributed by atoms with Gasteiger partial charge in [0, 0.05) is 6.54 Å². The van der Waals surface area contributed by atoms with Gasteiger partial charge in [0.2, 0.25) is 0 Å². The van der Waals surface area contributed by atoms with Crippen LogP contribution >= 0.6 is 11.6 Å². The molecule has 0 bridgehead atoms. The molecule has 0 heterocycles. The molecule has 0 spiro atoms. The number of benzene rings is 2. The van der Waals surface area contributed by atoms with E-state index in [1.54, 1.807) is 6.07 Å². The van der Waals surface area contributed by atoms with Crippen molar-refractivity contribution < 1.29 is 4.79 Å². The van der Waals surface area contributed by atoms with Crippen LogP contribution in [0.5, 0.6) is 0 Å². The van der Waals surface area contributed by atoms with Gasteiger partial charge in [0.05, 0.1) is 20.1 Å². The quantitative estimate of drug-likeness (QED) is 0.637. The maximum Gasteiger partial charge on any atom is 0.252 e. The SMILES string of the molecule is C=CCc1ccccc1[SiH2]c1cccc(Cl)c1C(=O)NCC. The maximum atomic E-state index is 12.3. The summed E-state index contributed by atoms with van der Waals surface area (Å²) in [7, 11) is -0.786. The van der Waals surface area contributed by atoms with E-state index in [2.05, 4.69) is 24.0 Å². The molecule has 0 radical (unpaired) electrons. The van der Waals surface area contributed by atoms with Crippen LogP contribution in [0.4, 0.5) is 0 Å². The van der Waals surface area contributed by atoms with Crippen LogP contribution in [-0.4, -0.2) is 22.0 Å². The Kier molecular flexibility index (Phi) is 5.98. The summed E-state index contributed by atoms with van der Waals surface area (Å²) in [5, 5.41) is 5.78. The summed E-state index contributed by atoms with van der Waals surface area (Å²) >= 11 is 6.27. The molecule has 0 aliphatic heterocycles. The van der Waals surface area contributed by atoms with E-state index in [9.17, 15) is 4.79 Å². The molecular weight excluding hydrogens is 310 g/mol. The maximum absolute atomic E-state index is 12.3. The summed E-state index contributed by atoms with van der Waals surface area (Å²) in [4.78, 5) is 12.3. The van der Waals surface area contributed by atoms with E-state index < -0.39 is 9.52 Å². The van der Waals surface area contributed by atoms with Gasteiger partial charge in [-0.1, -0.05) is 59.3 Å². The second-order valence-electron chi connectivity index (χ2n) is 5.07. The zero-order valence-corrected chi connectivity index (χ0v) is 14.9. The molecule has 2 rings (SSSR count). The minimum Gasteiger partial charge on any atom is -0.352 e. The van der Waals surface area contributed by atoms with Crippen LogP contribution in [-0.2, 0) is 6.42 Å². The van der Waals surface area contributed by atoms with Gasteiger partial charge < -0.3 is 5.32 Å². The van der Waals surface area contributed by atoms with Crippen molar-refractivity contribution in [3.05, 3.63) is 71.3 Å². The minimum atomic E-state index is -0.786. The molecule has 2 nitrogen and oxygen atoms in total. The highest BCUT2D eigenvalue weighted by molar-refractivity contribution is 6.69. The number of allylic oxidation sites excluding steroid dienone is 1. The summed E-state index contributed by atoms with van der Waals surface area (Å²) < 4.78 is 0. The molecule has 2 aromatic rings. The van der Waals surface area contributed by atoms with Gasteiger partial charge in [0.25, 0.3) is 5.91 Å². The third kappa shape index (κ3) is 3.87. The largest absolute Gasteiger partial charge is 0.352 e. The lowest BCUT2D eigenvalue weighted by molar-refractivity contribution is 0.0957. The molecular formula is C18H20ClNOSi. The van der Waals surface area contributed by atoms with Crippen molar-refractivity contribution in [1.82, 2.24) is 5.32 Å². The van der Waals surface area contributed by atoms with Crippen LogP contribution < -0.4 is 15.7 Å². The van der Waals surface area contributed by atoms with Crippen LogP contribution in [0, 0.1) is 0 Å². The fourth-order valence-corrected chi connectivity index (χ4v) is 4.84. The Bertz CT molecular complexity index is 685. The number of halogens is 1. The number of nitrogens with one attached hydrogen (secondary N) is 1. The molecule has 0 fully saturated rings. The summed E-state index contributed by atoms with van der Waals surface area (Å²) in [5.74, 6) is -0.0863. The van der Waals surface area contributed by atoms with Crippen molar-refractivity contribution in [1.29, 1.82) is 0 Å². The van der Waals surface area contributed by atoms with Gasteiger partial charge >= 0.3 is 0 Å². The molecule has 0 aliphatic rings. The number of hydrogen-bond donors (Lipinski definition) is 1. The molecule has 1 N–H and O–H groups in total. The van der Waals surface area contributed by atoms with E-state index in [0.29, 0.717) is 17.1 Å². The van der Waals surface area contributed by atoms with Crippen molar-refractivity contribution in [3.8, 4) is 0 Å². The van der Waals surface area contributed by atoms with Crippen molar-refractivity contribution in [2.75, 3.05) is 6.54 Å². The molecule has 0 saturated heterocycles. The molecule has 22 heavy (non-hydrogen) atoms. The van der Waals surface area contributed by atoms with Crippen LogP contribution in [0.3, 0.4) is 0 Å². The Balaban J connectivity index is 2.40. The first kappa shape index (κ1) is 16.5. The molecule has 4 heteroatoms. The van der Waals surface area contributed by atoms with Gasteiger partial charge in [0.15, 0.2) is 0 Å². The van der Waals surface area contributed by atoms with Gasteiger partial charge in [-0.2, -0.15) is 0 Å². The Labute approximate surface area is 139 Å². The second-order valence-corrected chi connectivity index (χ2v) is 7.36. The lowest BCUT2D eigenvalue weighted by Crippen LogP contribution is -2.37. The van der Waals surface area contributed by atoms with Gasteiger partial charge in [-0.05, 0) is 30.2 Å². The Hall–Kier alpha value is -1.84. The molecule has 0 aromatic heterocycles. The van der Waals surface area contributed by atoms with Gasteiger partial charge in [0.1, 0.15) is 0 Å². The predicted octanol–water partition coefficient (Wildman–Crippen LogP) is 1.94. The Morgan fingerprint density at radius 3 is 2.68 bits per heavy atom. The summed E-state index contributed by atoms with van der Waals surface area (Å²) in [6.07, 6.45) is 2.76. The smallest absolute Gasteiger partial charge is 0.252 e. The van der Waals surface area contributed by atoms with Crippen molar-refractivity contribution >= 4 is 37.4 Å². The van der Waals surface area contributed by atoms with Crippen molar-refractivity contribution in [2.24, 2.45) is 0 Å². The molecule has 114 valence electrons. The zero-order chi connectivity index (χ0) is 15.9. The van der Waals surface area contributed by atoms with E-state index in [1.807, 2.05) is 37.3 Å². The first-order chi connectivity index (χ1) is 10.7. The molecule has 0 atom stereocenters. The average Bonchev–Trinajstić information content (AvgIpc) is 2.50. The zero-order valence-electron chi connectivity index (χ0n) is 12.7. The number of rotatable bonds is 6. The molecule has 0 aliphatic carbocycles. The number of hydrogen-bond acceptors (Lipinski definition) is 1. The van der Waals surface area contributed by atoms with E-state index in [4.69, 9.17) is 11.6 Å². The average molecular weight is 330 g/mol. The molecule has 0 saturated carbocycles. The number of carbonyl (C=O) groups is 1. The van der Waals surface area contributed by atoms with Gasteiger partial charge in [-0.3, -0.25) is 4.79 Å². The second kappa shape index (κ2) is 7.97. The number of carbonyl (C=O) groups excluding carboxylic acids is 1. The number of amides is 1. The summed E-state index contributed by atoms with van der Waals surface area (Å²) in [6.45, 7) is 6.32. The van der Waals surface area contributed by atoms with Crippen LogP contribution in [0.25, 0.3) is 0 Å². The van der Waals surface area contributed by atoms with E-state index in [1.165, 1.54) is 10.8 Å². The standard InChI is InChI=1S/C18H20ClNOSi/c1-3-8-13-9-5-6-11-15(13)22-16-12-7-10-14(19)17(16)18(21)20-4-2/h3,5-7,9-12H,1,4,8,22H2,2H3,(H,20,21). The first-order valence-corrected chi connectivity index (χ1v) is 9.19. The lowest BCUT2D eigenvalue weighted by Gasteiger charge is -2.13. The predicted molar refractivity (Wildman–Crippen MR) is 97.6 cm³/mol. The molecule has 0 unspecified atom stereocenters. The highest BCUT2D eigenvalue weighted by Gasteiger charge is 2.16. The monoisotopic (exact) mass is 329 g/mol. The van der Waals surface area contributed by atoms with Gasteiger partial charge in [-0.15, -0.1) is 6.58 Å². The van der Waals surface area contributed by atoms with Crippen LogP contribution in [0.15, 0.2) is 55.1 Å². The molecule has 1 amide bonds. The third-order valence-corrected chi connectivity index (χ3v) is 5.88. The fourth-order valence-electron chi connectivity index (χ4n) is 2.51. The van der Waals surface area contributed by atoms with E-state index in [-0.39, 0.29) is 5.91 Å². The Morgan fingerprint density at radius 1 is 1.23 bits per heavy atom. The fraction of sp³-hybridized carbons (Fsp3) is 0.167. The van der Waals surface area contributed by atoms with E-state index in [0.717, 1.165) is 11.6 Å². The third-order valence-electron chi connectivity index (χ3n) is 3.53. The topological polar surface area (TPSA) is 29.1 Å². The van der Waals surface area contributed by atoms with Crippen LogP contribution in [0.2, 0.25) is 5.02 Å². The van der Waals surface area contributed by atoms with Crippen molar-refractivity contribution in [3.63, 3.8) is 0 Å². The lowest BCUT2D eigenvalue weighted by atomic mass is 10.1. The van der Waals surface area contributed by atoms with E-state index >= 15 is 0 Å². The summed E-state index contributed by atoms with van der Waals surface area (Å²) in [5.41, 5.74) is 1.91. The van der Waals surface area contributed by atoms with Crippen LogP contribution in [0.1, 0.15) is 22.8 Å². The molecule has 2 aromatic carbocycles. The summed E-state index contributed by atoms with van der Waals surface area (Å²) in [6, 6.07) is 14.1. The Morgan fingerprint density at radius 2 is 1.95 bits per heavy atom. The van der Waals surface area contributed by atoms with Crippen molar-refractivity contribution in [2.45, 2.75) is 13.3 Å². The minimum absolute atomic E-state index is 0.0863. The normalized spacial score (nSPS) is 10.8.